The van der Waals surface area contributed by atoms with Crippen molar-refractivity contribution in [2.45, 2.75) is 104 Å². The molecule has 1 heterocycles. The average Bonchev–Trinajstić information content (AvgIpc) is 2.72. The molecule has 1 aliphatic heterocycles. The smallest absolute Gasteiger partial charge is 0.338 e. The molecule has 1 aromatic rings. The van der Waals surface area contributed by atoms with Gasteiger partial charge in [-0.2, -0.15) is 0 Å². The Morgan fingerprint density at radius 1 is 1.17 bits per heavy atom. The van der Waals surface area contributed by atoms with Gasteiger partial charge in [0.05, 0.1) is 5.56 Å². The third-order valence-electron chi connectivity index (χ3n) is 7.28. The van der Waals surface area contributed by atoms with E-state index < -0.39 is 0 Å². The zero-order valence-electron chi connectivity index (χ0n) is 19.5. The second-order valence-electron chi connectivity index (χ2n) is 9.06. The van der Waals surface area contributed by atoms with Crippen LogP contribution >= 0.6 is 0 Å². The van der Waals surface area contributed by atoms with E-state index in [4.69, 9.17) is 9.47 Å². The number of carbonyl (C=O) groups is 1. The third kappa shape index (κ3) is 5.03. The summed E-state index contributed by atoms with van der Waals surface area (Å²) in [5, 5.41) is 0. The molecule has 4 nitrogen and oxygen atoms in total. The SMILES string of the molecule is CCCCOC(C)N1C(C)(CC)CC(OC(=O)c2ccccc2)C(C)C1(C)CC. The molecule has 164 valence electrons. The Hall–Kier alpha value is -1.39. The Morgan fingerprint density at radius 2 is 1.83 bits per heavy atom. The van der Waals surface area contributed by atoms with Crippen LogP contribution in [0.5, 0.6) is 0 Å². The number of piperidine rings is 1. The first-order valence-electron chi connectivity index (χ1n) is 11.4. The Bertz CT molecular complexity index is 649. The number of rotatable bonds is 9. The lowest BCUT2D eigenvalue weighted by atomic mass is 9.67. The Morgan fingerprint density at radius 3 is 2.38 bits per heavy atom. The molecule has 1 saturated heterocycles. The third-order valence-corrected chi connectivity index (χ3v) is 7.28. The Kier molecular flexibility index (Phi) is 8.30. The van der Waals surface area contributed by atoms with Crippen molar-refractivity contribution in [3.8, 4) is 0 Å². The maximum absolute atomic E-state index is 12.8. The van der Waals surface area contributed by atoms with Crippen molar-refractivity contribution in [2.75, 3.05) is 6.61 Å². The van der Waals surface area contributed by atoms with Gasteiger partial charge in [-0.3, -0.25) is 4.90 Å². The zero-order valence-corrected chi connectivity index (χ0v) is 19.5. The number of nitrogens with zero attached hydrogens (tertiary/aromatic N) is 1. The lowest BCUT2D eigenvalue weighted by Crippen LogP contribution is -2.70. The standard InChI is InChI=1S/C25H41NO3/c1-8-11-17-28-20(5)26-24(6,9-2)18-22(19(4)25(26,7)10-3)29-23(27)21-15-13-12-14-16-21/h12-16,19-20,22H,8-11,17-18H2,1-7H3. The number of carbonyl (C=O) groups excluding carboxylic acids is 1. The second kappa shape index (κ2) is 10.1. The fourth-order valence-corrected chi connectivity index (χ4v) is 5.00. The van der Waals surface area contributed by atoms with E-state index in [9.17, 15) is 4.79 Å². The molecule has 1 aliphatic rings. The van der Waals surface area contributed by atoms with Crippen molar-refractivity contribution in [1.82, 2.24) is 4.90 Å². The van der Waals surface area contributed by atoms with E-state index in [2.05, 4.69) is 53.4 Å². The number of hydrogen-bond acceptors (Lipinski definition) is 4. The summed E-state index contributed by atoms with van der Waals surface area (Å²) < 4.78 is 12.4. The van der Waals surface area contributed by atoms with Crippen LogP contribution in [0.15, 0.2) is 30.3 Å². The molecule has 5 atom stereocenters. The van der Waals surface area contributed by atoms with Gasteiger partial charge in [0.25, 0.3) is 0 Å². The van der Waals surface area contributed by atoms with Gasteiger partial charge in [0.1, 0.15) is 12.3 Å². The number of hydrogen-bond donors (Lipinski definition) is 0. The molecule has 0 spiro atoms. The summed E-state index contributed by atoms with van der Waals surface area (Å²) in [7, 11) is 0. The molecule has 5 unspecified atom stereocenters. The second-order valence-corrected chi connectivity index (χ2v) is 9.06. The first kappa shape index (κ1) is 23.9. The molecule has 0 aliphatic carbocycles. The monoisotopic (exact) mass is 403 g/mol. The van der Waals surface area contributed by atoms with E-state index in [1.54, 1.807) is 0 Å². The van der Waals surface area contributed by atoms with Crippen LogP contribution in [0.1, 0.15) is 90.9 Å². The van der Waals surface area contributed by atoms with Crippen LogP contribution < -0.4 is 0 Å². The Labute approximate surface area is 178 Å². The maximum Gasteiger partial charge on any atom is 0.338 e. The zero-order chi connectivity index (χ0) is 21.7. The largest absolute Gasteiger partial charge is 0.458 e. The van der Waals surface area contributed by atoms with Crippen LogP contribution in [0.25, 0.3) is 0 Å². The molecule has 0 radical (unpaired) electrons. The molecular weight excluding hydrogens is 362 g/mol. The maximum atomic E-state index is 12.8. The highest BCUT2D eigenvalue weighted by molar-refractivity contribution is 5.89. The summed E-state index contributed by atoms with van der Waals surface area (Å²) in [6.07, 6.45) is 4.91. The van der Waals surface area contributed by atoms with E-state index in [0.29, 0.717) is 5.56 Å². The van der Waals surface area contributed by atoms with E-state index >= 15 is 0 Å². The summed E-state index contributed by atoms with van der Waals surface area (Å²) in [5.74, 6) is -0.0166. The first-order valence-corrected chi connectivity index (χ1v) is 11.4. The molecule has 0 aromatic heterocycles. The van der Waals surface area contributed by atoms with Crippen molar-refractivity contribution >= 4 is 5.97 Å². The number of unbranched alkanes of at least 4 members (excludes halogenated alkanes) is 1. The number of ether oxygens (including phenoxy) is 2. The van der Waals surface area contributed by atoms with E-state index in [1.807, 2.05) is 30.3 Å². The normalized spacial score (nSPS) is 31.4. The van der Waals surface area contributed by atoms with E-state index in [0.717, 1.165) is 38.7 Å². The highest BCUT2D eigenvalue weighted by Crippen LogP contribution is 2.48. The van der Waals surface area contributed by atoms with Gasteiger partial charge in [0, 0.05) is 30.0 Å². The molecule has 1 aromatic carbocycles. The summed E-state index contributed by atoms with van der Waals surface area (Å²) in [5.41, 5.74) is 0.413. The highest BCUT2D eigenvalue weighted by atomic mass is 16.5. The first-order chi connectivity index (χ1) is 13.7. The molecule has 0 bridgehead atoms. The minimum Gasteiger partial charge on any atom is -0.458 e. The molecule has 0 saturated carbocycles. The summed E-state index contributed by atoms with van der Waals surface area (Å²) in [4.78, 5) is 15.4. The van der Waals surface area contributed by atoms with Gasteiger partial charge in [-0.25, -0.2) is 4.79 Å². The minimum absolute atomic E-state index is 0.0321. The van der Waals surface area contributed by atoms with Crippen LogP contribution in [0.3, 0.4) is 0 Å². The minimum atomic E-state index is -0.222. The number of benzene rings is 1. The highest BCUT2D eigenvalue weighted by Gasteiger charge is 2.55. The number of likely N-dealkylation sites (tertiary alicyclic amines) is 1. The van der Waals surface area contributed by atoms with E-state index in [-0.39, 0.29) is 35.3 Å². The van der Waals surface area contributed by atoms with Crippen molar-refractivity contribution in [3.05, 3.63) is 35.9 Å². The van der Waals surface area contributed by atoms with Crippen molar-refractivity contribution in [2.24, 2.45) is 5.92 Å². The molecule has 0 amide bonds. The van der Waals surface area contributed by atoms with Gasteiger partial charge in [0.2, 0.25) is 0 Å². The van der Waals surface area contributed by atoms with Crippen LogP contribution in [-0.2, 0) is 9.47 Å². The molecule has 29 heavy (non-hydrogen) atoms. The van der Waals surface area contributed by atoms with E-state index in [1.165, 1.54) is 0 Å². The molecule has 2 rings (SSSR count). The van der Waals surface area contributed by atoms with Crippen LogP contribution in [-0.4, -0.2) is 40.9 Å². The predicted octanol–water partition coefficient (Wildman–Crippen LogP) is 6.05. The van der Waals surface area contributed by atoms with Crippen LogP contribution in [0.2, 0.25) is 0 Å². The van der Waals surface area contributed by atoms with Gasteiger partial charge in [-0.1, -0.05) is 52.3 Å². The van der Waals surface area contributed by atoms with Gasteiger partial charge < -0.3 is 9.47 Å². The van der Waals surface area contributed by atoms with Crippen molar-refractivity contribution in [3.63, 3.8) is 0 Å². The predicted molar refractivity (Wildman–Crippen MR) is 119 cm³/mol. The van der Waals surface area contributed by atoms with Crippen molar-refractivity contribution < 1.29 is 14.3 Å². The average molecular weight is 404 g/mol. The fourth-order valence-electron chi connectivity index (χ4n) is 5.00. The fraction of sp³-hybridized carbons (Fsp3) is 0.720. The topological polar surface area (TPSA) is 38.8 Å². The number of esters is 1. The van der Waals surface area contributed by atoms with Crippen LogP contribution in [0, 0.1) is 5.92 Å². The van der Waals surface area contributed by atoms with Gasteiger partial charge in [0.15, 0.2) is 0 Å². The lowest BCUT2D eigenvalue weighted by molar-refractivity contribution is -0.210. The van der Waals surface area contributed by atoms with Crippen LogP contribution in [0.4, 0.5) is 0 Å². The quantitative estimate of drug-likeness (QED) is 0.371. The molecule has 1 fully saturated rings. The summed E-state index contributed by atoms with van der Waals surface area (Å²) in [6, 6.07) is 9.32. The Balaban J connectivity index is 2.28. The van der Waals surface area contributed by atoms with Crippen molar-refractivity contribution in [1.29, 1.82) is 0 Å². The molecule has 4 heteroatoms. The van der Waals surface area contributed by atoms with Gasteiger partial charge in [-0.05, 0) is 52.2 Å². The lowest BCUT2D eigenvalue weighted by Gasteiger charge is -2.61. The van der Waals surface area contributed by atoms with Gasteiger partial charge >= 0.3 is 5.97 Å². The summed E-state index contributed by atoms with van der Waals surface area (Å²) in [6.45, 7) is 16.5. The van der Waals surface area contributed by atoms with Gasteiger partial charge in [-0.15, -0.1) is 0 Å². The molecular formula is C25H41NO3. The summed E-state index contributed by atoms with van der Waals surface area (Å²) >= 11 is 0. The molecule has 0 N–H and O–H groups in total.